The van der Waals surface area contributed by atoms with Gasteiger partial charge in [0.1, 0.15) is 0 Å². The molecule has 1 saturated heterocycles. The van der Waals surface area contributed by atoms with Crippen molar-refractivity contribution in [1.29, 1.82) is 0 Å². The van der Waals surface area contributed by atoms with E-state index in [9.17, 15) is 4.79 Å². The smallest absolute Gasteiger partial charge is 0.319 e. The van der Waals surface area contributed by atoms with Crippen LogP contribution in [0.4, 0.5) is 10.5 Å². The minimum atomic E-state index is -0.126. The third kappa shape index (κ3) is 5.34. The van der Waals surface area contributed by atoms with Crippen molar-refractivity contribution in [2.75, 3.05) is 11.9 Å². The Bertz CT molecular complexity index is 480. The fraction of sp³-hybridized carbons (Fsp3) is 0.611. The van der Waals surface area contributed by atoms with Crippen LogP contribution < -0.4 is 16.0 Å². The van der Waals surface area contributed by atoms with Crippen LogP contribution in [0.2, 0.25) is 0 Å². The molecule has 1 aliphatic heterocycles. The summed E-state index contributed by atoms with van der Waals surface area (Å²) in [5.41, 5.74) is 1.15. The van der Waals surface area contributed by atoms with Crippen LogP contribution in [0.15, 0.2) is 30.3 Å². The monoisotopic (exact) mass is 303 g/mol. The van der Waals surface area contributed by atoms with Gasteiger partial charge in [0, 0.05) is 23.3 Å². The molecule has 0 aliphatic carbocycles. The minimum absolute atomic E-state index is 0.126. The van der Waals surface area contributed by atoms with Gasteiger partial charge in [0.25, 0.3) is 0 Å². The van der Waals surface area contributed by atoms with Crippen LogP contribution in [0, 0.1) is 5.92 Å². The van der Waals surface area contributed by atoms with E-state index in [-0.39, 0.29) is 17.1 Å². The number of rotatable bonds is 4. The van der Waals surface area contributed by atoms with Crippen LogP contribution in [0.5, 0.6) is 0 Å². The van der Waals surface area contributed by atoms with Crippen molar-refractivity contribution in [3.8, 4) is 0 Å². The van der Waals surface area contributed by atoms with E-state index in [1.807, 2.05) is 30.3 Å². The molecule has 0 unspecified atom stereocenters. The molecule has 0 spiro atoms. The zero-order valence-corrected chi connectivity index (χ0v) is 14.2. The normalized spacial score (nSPS) is 20.4. The van der Waals surface area contributed by atoms with E-state index in [0.29, 0.717) is 5.92 Å². The predicted octanol–water partition coefficient (Wildman–Crippen LogP) is 3.76. The lowest BCUT2D eigenvalue weighted by molar-refractivity contribution is 0.124. The van der Waals surface area contributed by atoms with Crippen molar-refractivity contribution in [3.63, 3.8) is 0 Å². The summed E-state index contributed by atoms with van der Waals surface area (Å²) < 4.78 is 0. The molecule has 0 saturated carbocycles. The van der Waals surface area contributed by atoms with E-state index in [1.54, 1.807) is 0 Å². The van der Waals surface area contributed by atoms with Crippen LogP contribution >= 0.6 is 0 Å². The number of nitrogens with one attached hydrogen (secondary N) is 3. The van der Waals surface area contributed by atoms with Gasteiger partial charge in [0.15, 0.2) is 0 Å². The molecule has 2 rings (SSSR count). The molecular weight excluding hydrogens is 274 g/mol. The summed E-state index contributed by atoms with van der Waals surface area (Å²) in [4.78, 5) is 11.9. The number of piperidine rings is 1. The first kappa shape index (κ1) is 16.8. The zero-order chi connectivity index (χ0) is 16.2. The highest BCUT2D eigenvalue weighted by molar-refractivity contribution is 5.89. The van der Waals surface area contributed by atoms with Crippen molar-refractivity contribution in [3.05, 3.63) is 30.3 Å². The Morgan fingerprint density at radius 2 is 1.73 bits per heavy atom. The van der Waals surface area contributed by atoms with Crippen LogP contribution in [0.1, 0.15) is 47.0 Å². The number of para-hydroxylation sites is 1. The number of carbonyl (C=O) groups is 1. The molecule has 1 heterocycles. The second kappa shape index (κ2) is 6.69. The van der Waals surface area contributed by atoms with Crippen LogP contribution in [-0.4, -0.2) is 23.7 Å². The summed E-state index contributed by atoms with van der Waals surface area (Å²) in [7, 11) is 0. The molecule has 3 N–H and O–H groups in total. The minimum Gasteiger partial charge on any atom is -0.338 e. The molecule has 0 aromatic heterocycles. The van der Waals surface area contributed by atoms with E-state index < -0.39 is 0 Å². The number of carbonyl (C=O) groups excluding carboxylic acids is 1. The quantitative estimate of drug-likeness (QED) is 0.793. The van der Waals surface area contributed by atoms with Gasteiger partial charge in [-0.3, -0.25) is 0 Å². The van der Waals surface area contributed by atoms with Gasteiger partial charge in [-0.25, -0.2) is 4.79 Å². The first-order chi connectivity index (χ1) is 10.3. The molecule has 2 amide bonds. The standard InChI is InChI=1S/C18H29N3O/c1-17(2)12-14(13-18(3,4)21-17)10-11-19-16(22)20-15-8-6-5-7-9-15/h5-9,14,21H,10-13H2,1-4H3,(H2,19,20,22). The van der Waals surface area contributed by atoms with Gasteiger partial charge in [-0.15, -0.1) is 0 Å². The number of hydrogen-bond donors (Lipinski definition) is 3. The lowest BCUT2D eigenvalue weighted by Crippen LogP contribution is -2.58. The number of amides is 2. The average Bonchev–Trinajstić information content (AvgIpc) is 2.36. The Morgan fingerprint density at radius 1 is 1.14 bits per heavy atom. The van der Waals surface area contributed by atoms with Gasteiger partial charge in [0.05, 0.1) is 0 Å². The molecule has 1 aromatic carbocycles. The summed E-state index contributed by atoms with van der Waals surface area (Å²) in [6.07, 6.45) is 3.33. The number of anilines is 1. The molecule has 4 nitrogen and oxygen atoms in total. The third-order valence-corrected chi connectivity index (χ3v) is 4.14. The molecule has 1 aromatic rings. The topological polar surface area (TPSA) is 53.2 Å². The van der Waals surface area contributed by atoms with Gasteiger partial charge in [0.2, 0.25) is 0 Å². The van der Waals surface area contributed by atoms with Crippen molar-refractivity contribution in [2.45, 2.75) is 58.0 Å². The molecule has 1 aliphatic rings. The SMILES string of the molecule is CC1(C)CC(CCNC(=O)Nc2ccccc2)CC(C)(C)N1. The molecule has 1 fully saturated rings. The first-order valence-corrected chi connectivity index (χ1v) is 8.15. The first-order valence-electron chi connectivity index (χ1n) is 8.15. The second-order valence-electron chi connectivity index (χ2n) is 7.70. The highest BCUT2D eigenvalue weighted by Crippen LogP contribution is 2.34. The van der Waals surface area contributed by atoms with Gasteiger partial charge in [-0.2, -0.15) is 0 Å². The molecule has 0 radical (unpaired) electrons. The number of urea groups is 1. The molecule has 4 heteroatoms. The second-order valence-corrected chi connectivity index (χ2v) is 7.70. The maximum atomic E-state index is 11.9. The van der Waals surface area contributed by atoms with Gasteiger partial charge >= 0.3 is 6.03 Å². The Balaban J connectivity index is 1.75. The average molecular weight is 303 g/mol. The van der Waals surface area contributed by atoms with E-state index in [4.69, 9.17) is 0 Å². The third-order valence-electron chi connectivity index (χ3n) is 4.14. The van der Waals surface area contributed by atoms with E-state index in [2.05, 4.69) is 43.6 Å². The molecule has 0 bridgehead atoms. The lowest BCUT2D eigenvalue weighted by Gasteiger charge is -2.46. The van der Waals surface area contributed by atoms with Crippen LogP contribution in [0.3, 0.4) is 0 Å². The van der Waals surface area contributed by atoms with Crippen molar-refractivity contribution >= 4 is 11.7 Å². The Hall–Kier alpha value is -1.55. The Labute approximate surface area is 134 Å². The predicted molar refractivity (Wildman–Crippen MR) is 92.1 cm³/mol. The maximum absolute atomic E-state index is 11.9. The fourth-order valence-electron chi connectivity index (χ4n) is 3.82. The van der Waals surface area contributed by atoms with Gasteiger partial charge in [-0.1, -0.05) is 18.2 Å². The Kier molecular flexibility index (Phi) is 5.12. The largest absolute Gasteiger partial charge is 0.338 e. The summed E-state index contributed by atoms with van der Waals surface area (Å²) in [6, 6.07) is 9.40. The van der Waals surface area contributed by atoms with Crippen molar-refractivity contribution in [1.82, 2.24) is 10.6 Å². The molecule has 22 heavy (non-hydrogen) atoms. The van der Waals surface area contributed by atoms with E-state index in [0.717, 1.165) is 31.5 Å². The van der Waals surface area contributed by atoms with Crippen LogP contribution in [-0.2, 0) is 0 Å². The molecule has 0 atom stereocenters. The van der Waals surface area contributed by atoms with Crippen molar-refractivity contribution in [2.24, 2.45) is 5.92 Å². The van der Waals surface area contributed by atoms with E-state index in [1.165, 1.54) is 0 Å². The maximum Gasteiger partial charge on any atom is 0.319 e. The summed E-state index contributed by atoms with van der Waals surface area (Å²) in [6.45, 7) is 9.76. The highest BCUT2D eigenvalue weighted by atomic mass is 16.2. The Morgan fingerprint density at radius 3 is 2.32 bits per heavy atom. The van der Waals surface area contributed by atoms with Crippen molar-refractivity contribution < 1.29 is 4.79 Å². The summed E-state index contributed by atoms with van der Waals surface area (Å²) >= 11 is 0. The van der Waals surface area contributed by atoms with Gasteiger partial charge < -0.3 is 16.0 Å². The van der Waals surface area contributed by atoms with Gasteiger partial charge in [-0.05, 0) is 65.0 Å². The number of benzene rings is 1. The summed E-state index contributed by atoms with van der Waals surface area (Å²) in [5.74, 6) is 0.642. The summed E-state index contributed by atoms with van der Waals surface area (Å²) in [5, 5.41) is 9.51. The zero-order valence-electron chi connectivity index (χ0n) is 14.2. The molecule has 122 valence electrons. The molecular formula is C18H29N3O. The number of hydrogen-bond acceptors (Lipinski definition) is 2. The van der Waals surface area contributed by atoms with E-state index >= 15 is 0 Å². The lowest BCUT2D eigenvalue weighted by atomic mass is 9.75. The highest BCUT2D eigenvalue weighted by Gasteiger charge is 2.37. The van der Waals surface area contributed by atoms with Crippen LogP contribution in [0.25, 0.3) is 0 Å². The fourth-order valence-corrected chi connectivity index (χ4v) is 3.82.